The molecule has 92 valence electrons. The minimum atomic E-state index is 0.633. The standard InChI is InChI=1S/C15H11N3O/c1-9-4-5-11-12(7-9)18-14(17-11)13-8-10-3-2-6-16-15(10)19-13/h2-8H,1H3,(H,17,18). The first-order valence-corrected chi connectivity index (χ1v) is 6.11. The molecule has 19 heavy (non-hydrogen) atoms. The summed E-state index contributed by atoms with van der Waals surface area (Å²) in [6.45, 7) is 2.06. The summed E-state index contributed by atoms with van der Waals surface area (Å²) in [4.78, 5) is 12.0. The molecule has 0 unspecified atom stereocenters. The van der Waals surface area contributed by atoms with Crippen LogP contribution in [-0.2, 0) is 0 Å². The number of benzene rings is 1. The number of imidazole rings is 1. The van der Waals surface area contributed by atoms with Crippen LogP contribution in [0.2, 0.25) is 0 Å². The molecule has 0 aliphatic carbocycles. The van der Waals surface area contributed by atoms with Crippen molar-refractivity contribution in [3.63, 3.8) is 0 Å². The van der Waals surface area contributed by atoms with Gasteiger partial charge in [-0.15, -0.1) is 0 Å². The molecule has 0 radical (unpaired) electrons. The third-order valence-electron chi connectivity index (χ3n) is 3.16. The number of rotatable bonds is 1. The number of aromatic amines is 1. The van der Waals surface area contributed by atoms with Crippen LogP contribution in [0.5, 0.6) is 0 Å². The second-order valence-electron chi connectivity index (χ2n) is 4.61. The van der Waals surface area contributed by atoms with Crippen LogP contribution >= 0.6 is 0 Å². The number of aryl methyl sites for hydroxylation is 1. The third-order valence-corrected chi connectivity index (χ3v) is 3.16. The maximum atomic E-state index is 5.71. The molecule has 0 saturated carbocycles. The molecule has 0 aliphatic heterocycles. The van der Waals surface area contributed by atoms with Gasteiger partial charge in [-0.3, -0.25) is 0 Å². The maximum Gasteiger partial charge on any atom is 0.226 e. The largest absolute Gasteiger partial charge is 0.434 e. The molecule has 0 fully saturated rings. The average Bonchev–Trinajstić information content (AvgIpc) is 3.00. The van der Waals surface area contributed by atoms with E-state index in [0.29, 0.717) is 11.5 Å². The summed E-state index contributed by atoms with van der Waals surface area (Å²) >= 11 is 0. The summed E-state index contributed by atoms with van der Waals surface area (Å²) in [5.41, 5.74) is 3.79. The second-order valence-corrected chi connectivity index (χ2v) is 4.61. The zero-order valence-corrected chi connectivity index (χ0v) is 10.3. The number of nitrogens with zero attached hydrogens (tertiary/aromatic N) is 2. The maximum absolute atomic E-state index is 5.71. The number of H-pyrrole nitrogens is 1. The molecule has 4 heteroatoms. The lowest BCUT2D eigenvalue weighted by molar-refractivity contribution is 0.614. The van der Waals surface area contributed by atoms with E-state index in [1.54, 1.807) is 6.20 Å². The van der Waals surface area contributed by atoms with Gasteiger partial charge in [-0.25, -0.2) is 9.97 Å². The molecule has 4 aromatic rings. The van der Waals surface area contributed by atoms with E-state index in [4.69, 9.17) is 4.42 Å². The molecule has 0 aliphatic rings. The lowest BCUT2D eigenvalue weighted by Crippen LogP contribution is -1.74. The average molecular weight is 249 g/mol. The van der Waals surface area contributed by atoms with E-state index < -0.39 is 0 Å². The van der Waals surface area contributed by atoms with Gasteiger partial charge in [-0.1, -0.05) is 6.07 Å². The van der Waals surface area contributed by atoms with Gasteiger partial charge in [0.25, 0.3) is 0 Å². The normalized spacial score (nSPS) is 11.4. The number of furan rings is 1. The molecule has 0 bridgehead atoms. The summed E-state index contributed by atoms with van der Waals surface area (Å²) in [5.74, 6) is 1.45. The Labute approximate surface area is 109 Å². The van der Waals surface area contributed by atoms with Crippen molar-refractivity contribution in [2.24, 2.45) is 0 Å². The van der Waals surface area contributed by atoms with Crippen molar-refractivity contribution in [2.45, 2.75) is 6.92 Å². The van der Waals surface area contributed by atoms with Crippen molar-refractivity contribution in [1.82, 2.24) is 15.0 Å². The van der Waals surface area contributed by atoms with E-state index in [0.717, 1.165) is 22.2 Å². The van der Waals surface area contributed by atoms with Crippen LogP contribution in [0.1, 0.15) is 5.56 Å². The number of fused-ring (bicyclic) bond motifs is 2. The van der Waals surface area contributed by atoms with Gasteiger partial charge in [-0.2, -0.15) is 0 Å². The highest BCUT2D eigenvalue weighted by atomic mass is 16.3. The summed E-state index contributed by atoms with van der Waals surface area (Å²) < 4.78 is 5.71. The molecular weight excluding hydrogens is 238 g/mol. The Morgan fingerprint density at radius 1 is 1.16 bits per heavy atom. The van der Waals surface area contributed by atoms with E-state index in [1.807, 2.05) is 30.3 Å². The van der Waals surface area contributed by atoms with Crippen molar-refractivity contribution >= 4 is 22.1 Å². The third kappa shape index (κ3) is 1.61. The molecule has 4 rings (SSSR count). The Hall–Kier alpha value is -2.62. The van der Waals surface area contributed by atoms with Crippen molar-refractivity contribution < 1.29 is 4.42 Å². The van der Waals surface area contributed by atoms with Crippen LogP contribution in [0.4, 0.5) is 0 Å². The van der Waals surface area contributed by atoms with E-state index in [1.165, 1.54) is 5.56 Å². The molecule has 0 saturated heterocycles. The molecule has 1 aromatic carbocycles. The van der Waals surface area contributed by atoms with Crippen LogP contribution in [0, 0.1) is 6.92 Å². The van der Waals surface area contributed by atoms with E-state index >= 15 is 0 Å². The number of nitrogens with one attached hydrogen (secondary N) is 1. The number of aromatic nitrogens is 3. The zero-order valence-electron chi connectivity index (χ0n) is 10.3. The second kappa shape index (κ2) is 3.68. The molecule has 1 N–H and O–H groups in total. The predicted molar refractivity (Wildman–Crippen MR) is 73.8 cm³/mol. The number of hydrogen-bond acceptors (Lipinski definition) is 3. The Bertz CT molecular complexity index is 856. The lowest BCUT2D eigenvalue weighted by Gasteiger charge is -1.89. The van der Waals surface area contributed by atoms with Crippen LogP contribution in [-0.4, -0.2) is 15.0 Å². The minimum absolute atomic E-state index is 0.633. The number of pyridine rings is 1. The summed E-state index contributed by atoms with van der Waals surface area (Å²) in [5, 5.41) is 0.981. The first-order valence-electron chi connectivity index (χ1n) is 6.11. The summed E-state index contributed by atoms with van der Waals surface area (Å²) in [6, 6.07) is 11.9. The molecule has 0 spiro atoms. The number of hydrogen-bond donors (Lipinski definition) is 1. The van der Waals surface area contributed by atoms with Crippen molar-refractivity contribution in [3.8, 4) is 11.6 Å². The van der Waals surface area contributed by atoms with Gasteiger partial charge in [0.05, 0.1) is 11.0 Å². The highest BCUT2D eigenvalue weighted by Gasteiger charge is 2.11. The van der Waals surface area contributed by atoms with Gasteiger partial charge in [0.15, 0.2) is 11.6 Å². The molecule has 3 aromatic heterocycles. The summed E-state index contributed by atoms with van der Waals surface area (Å²) in [7, 11) is 0. The van der Waals surface area contributed by atoms with Crippen molar-refractivity contribution in [1.29, 1.82) is 0 Å². The van der Waals surface area contributed by atoms with Crippen LogP contribution in [0.15, 0.2) is 47.0 Å². The molecule has 3 heterocycles. The van der Waals surface area contributed by atoms with Gasteiger partial charge in [0.2, 0.25) is 5.71 Å². The van der Waals surface area contributed by atoms with Crippen LogP contribution in [0.3, 0.4) is 0 Å². The minimum Gasteiger partial charge on any atom is -0.434 e. The molecular formula is C15H11N3O. The van der Waals surface area contributed by atoms with E-state index in [2.05, 4.69) is 27.9 Å². The van der Waals surface area contributed by atoms with E-state index in [9.17, 15) is 0 Å². The van der Waals surface area contributed by atoms with Gasteiger partial charge >= 0.3 is 0 Å². The van der Waals surface area contributed by atoms with Crippen molar-refractivity contribution in [2.75, 3.05) is 0 Å². The summed E-state index contributed by atoms with van der Waals surface area (Å²) in [6.07, 6.45) is 1.72. The topological polar surface area (TPSA) is 54.7 Å². The fourth-order valence-electron chi connectivity index (χ4n) is 2.23. The van der Waals surface area contributed by atoms with Gasteiger partial charge in [0, 0.05) is 11.6 Å². The SMILES string of the molecule is Cc1ccc2nc(-c3cc4cccnc4o3)[nH]c2c1. The predicted octanol–water partition coefficient (Wildman–Crippen LogP) is 3.68. The highest BCUT2D eigenvalue weighted by Crippen LogP contribution is 2.26. The Morgan fingerprint density at radius 2 is 2.11 bits per heavy atom. The molecule has 4 nitrogen and oxygen atoms in total. The quantitative estimate of drug-likeness (QED) is 0.560. The lowest BCUT2D eigenvalue weighted by atomic mass is 10.2. The highest BCUT2D eigenvalue weighted by molar-refractivity contribution is 5.82. The fourth-order valence-corrected chi connectivity index (χ4v) is 2.23. The Morgan fingerprint density at radius 3 is 3.00 bits per heavy atom. The van der Waals surface area contributed by atoms with Crippen LogP contribution < -0.4 is 0 Å². The van der Waals surface area contributed by atoms with Gasteiger partial charge in [-0.05, 0) is 42.8 Å². The Balaban J connectivity index is 1.93. The first kappa shape index (κ1) is 10.3. The smallest absolute Gasteiger partial charge is 0.226 e. The fraction of sp³-hybridized carbons (Fsp3) is 0.0667. The molecule has 0 amide bonds. The van der Waals surface area contributed by atoms with Crippen LogP contribution in [0.25, 0.3) is 33.7 Å². The van der Waals surface area contributed by atoms with Gasteiger partial charge < -0.3 is 9.40 Å². The van der Waals surface area contributed by atoms with E-state index in [-0.39, 0.29) is 0 Å². The van der Waals surface area contributed by atoms with Crippen molar-refractivity contribution in [3.05, 3.63) is 48.2 Å². The zero-order chi connectivity index (χ0) is 12.8. The van der Waals surface area contributed by atoms with Gasteiger partial charge in [0.1, 0.15) is 0 Å². The monoisotopic (exact) mass is 249 g/mol. The first-order chi connectivity index (χ1) is 9.29. The molecule has 0 atom stereocenters. The Kier molecular flexibility index (Phi) is 2.00.